The highest BCUT2D eigenvalue weighted by molar-refractivity contribution is 5.15. The molecule has 1 aromatic carbocycles. The van der Waals surface area contributed by atoms with E-state index in [1.54, 1.807) is 7.11 Å². The van der Waals surface area contributed by atoms with Crippen molar-refractivity contribution in [3.05, 3.63) is 35.9 Å². The summed E-state index contributed by atoms with van der Waals surface area (Å²) in [5, 5.41) is 3.54. The predicted octanol–water partition coefficient (Wildman–Crippen LogP) is 2.90. The summed E-state index contributed by atoms with van der Waals surface area (Å²) in [5.74, 6) is 1.53. The van der Waals surface area contributed by atoms with Gasteiger partial charge in [0.2, 0.25) is 0 Å². The Balaban J connectivity index is 1.82. The molecule has 1 fully saturated rings. The molecule has 2 rings (SSSR count). The van der Waals surface area contributed by atoms with E-state index in [0.717, 1.165) is 45.2 Å². The molecule has 0 saturated carbocycles. The summed E-state index contributed by atoms with van der Waals surface area (Å²) in [5.41, 5.74) is 1.45. The van der Waals surface area contributed by atoms with Crippen LogP contribution in [0.3, 0.4) is 0 Å². The number of ether oxygens (including phenoxy) is 2. The molecule has 1 aromatic rings. The minimum absolute atomic E-state index is 0.701. The number of methoxy groups -OCH3 is 1. The van der Waals surface area contributed by atoms with Crippen molar-refractivity contribution in [1.82, 2.24) is 5.32 Å². The van der Waals surface area contributed by atoms with E-state index >= 15 is 0 Å². The van der Waals surface area contributed by atoms with Crippen LogP contribution in [0.15, 0.2) is 30.3 Å². The Labute approximate surface area is 129 Å². The molecule has 118 valence electrons. The topological polar surface area (TPSA) is 30.5 Å². The maximum Gasteiger partial charge on any atom is 0.0587 e. The monoisotopic (exact) mass is 291 g/mol. The highest BCUT2D eigenvalue weighted by Gasteiger charge is 2.19. The van der Waals surface area contributed by atoms with Crippen LogP contribution in [0, 0.1) is 11.8 Å². The van der Waals surface area contributed by atoms with Crippen LogP contribution in [0.1, 0.15) is 24.8 Å². The summed E-state index contributed by atoms with van der Waals surface area (Å²) in [7, 11) is 1.76. The zero-order chi connectivity index (χ0) is 14.8. The molecule has 0 aliphatic carbocycles. The molecule has 0 amide bonds. The Bertz CT molecular complexity index is 363. The van der Waals surface area contributed by atoms with Crippen molar-refractivity contribution in [3.63, 3.8) is 0 Å². The first-order valence-electron chi connectivity index (χ1n) is 8.20. The summed E-state index contributed by atoms with van der Waals surface area (Å²) >= 11 is 0. The predicted molar refractivity (Wildman–Crippen MR) is 86.5 cm³/mol. The third-order valence-corrected chi connectivity index (χ3v) is 4.29. The number of hydrogen-bond donors (Lipinski definition) is 1. The Kier molecular flexibility index (Phi) is 7.79. The van der Waals surface area contributed by atoms with Crippen LogP contribution in [0.2, 0.25) is 0 Å². The Morgan fingerprint density at radius 1 is 1.24 bits per heavy atom. The zero-order valence-electron chi connectivity index (χ0n) is 13.2. The molecule has 0 radical (unpaired) electrons. The third kappa shape index (κ3) is 6.60. The zero-order valence-corrected chi connectivity index (χ0v) is 13.2. The maximum atomic E-state index is 5.48. The number of rotatable bonds is 9. The minimum Gasteiger partial charge on any atom is -0.383 e. The third-order valence-electron chi connectivity index (χ3n) is 4.29. The summed E-state index contributed by atoms with van der Waals surface area (Å²) in [6.45, 7) is 4.69. The van der Waals surface area contributed by atoms with Crippen molar-refractivity contribution < 1.29 is 9.47 Å². The molecule has 0 bridgehead atoms. The largest absolute Gasteiger partial charge is 0.383 e. The molecular formula is C18H29NO2. The van der Waals surface area contributed by atoms with Gasteiger partial charge in [0.05, 0.1) is 6.61 Å². The quantitative estimate of drug-likeness (QED) is 0.710. The summed E-state index contributed by atoms with van der Waals surface area (Å²) in [6, 6.07) is 10.9. The highest BCUT2D eigenvalue weighted by atomic mass is 16.5. The fourth-order valence-electron chi connectivity index (χ4n) is 3.12. The highest BCUT2D eigenvalue weighted by Crippen LogP contribution is 2.25. The Morgan fingerprint density at radius 2 is 2.00 bits per heavy atom. The smallest absolute Gasteiger partial charge is 0.0587 e. The second-order valence-electron chi connectivity index (χ2n) is 6.04. The molecule has 1 aliphatic rings. The van der Waals surface area contributed by atoms with Gasteiger partial charge in [-0.05, 0) is 49.6 Å². The van der Waals surface area contributed by atoms with Crippen LogP contribution in [0.25, 0.3) is 0 Å². The van der Waals surface area contributed by atoms with E-state index in [4.69, 9.17) is 9.47 Å². The Hall–Kier alpha value is -0.900. The van der Waals surface area contributed by atoms with Crippen molar-refractivity contribution in [1.29, 1.82) is 0 Å². The van der Waals surface area contributed by atoms with Gasteiger partial charge in [-0.3, -0.25) is 0 Å². The maximum absolute atomic E-state index is 5.48. The fourth-order valence-corrected chi connectivity index (χ4v) is 3.12. The molecule has 1 N–H and O–H groups in total. The van der Waals surface area contributed by atoms with Crippen molar-refractivity contribution in [2.75, 3.05) is 40.0 Å². The summed E-state index contributed by atoms with van der Waals surface area (Å²) < 4.78 is 10.6. The SMILES string of the molecule is COCCNCC(Cc1ccccc1)CC1CCOCC1. The molecule has 3 heteroatoms. The Morgan fingerprint density at radius 3 is 2.71 bits per heavy atom. The molecule has 1 aliphatic heterocycles. The molecular weight excluding hydrogens is 262 g/mol. The molecule has 1 saturated heterocycles. The van der Waals surface area contributed by atoms with Gasteiger partial charge in [-0.25, -0.2) is 0 Å². The van der Waals surface area contributed by atoms with Gasteiger partial charge >= 0.3 is 0 Å². The molecule has 3 nitrogen and oxygen atoms in total. The van der Waals surface area contributed by atoms with Crippen LogP contribution >= 0.6 is 0 Å². The minimum atomic E-state index is 0.701. The van der Waals surface area contributed by atoms with Gasteiger partial charge in [-0.15, -0.1) is 0 Å². The average molecular weight is 291 g/mol. The normalized spacial score (nSPS) is 17.8. The van der Waals surface area contributed by atoms with Crippen molar-refractivity contribution in [2.45, 2.75) is 25.7 Å². The second-order valence-corrected chi connectivity index (χ2v) is 6.04. The van der Waals surface area contributed by atoms with Gasteiger partial charge in [-0.1, -0.05) is 30.3 Å². The lowest BCUT2D eigenvalue weighted by Crippen LogP contribution is -2.30. The van der Waals surface area contributed by atoms with Gasteiger partial charge in [0.15, 0.2) is 0 Å². The molecule has 1 atom stereocenters. The standard InChI is InChI=1S/C18H29NO2/c1-20-12-9-19-15-18(13-16-5-3-2-4-6-16)14-17-7-10-21-11-8-17/h2-6,17-19H,7-15H2,1H3. The van der Waals surface area contributed by atoms with Crippen LogP contribution < -0.4 is 5.32 Å². The van der Waals surface area contributed by atoms with E-state index in [0.29, 0.717) is 5.92 Å². The van der Waals surface area contributed by atoms with E-state index in [1.807, 2.05) is 0 Å². The summed E-state index contributed by atoms with van der Waals surface area (Å²) in [4.78, 5) is 0. The van der Waals surface area contributed by atoms with Crippen LogP contribution in [-0.2, 0) is 15.9 Å². The van der Waals surface area contributed by atoms with E-state index in [-0.39, 0.29) is 0 Å². The lowest BCUT2D eigenvalue weighted by atomic mass is 9.85. The molecule has 1 heterocycles. The van der Waals surface area contributed by atoms with Crippen molar-refractivity contribution in [3.8, 4) is 0 Å². The number of nitrogens with one attached hydrogen (secondary N) is 1. The molecule has 1 unspecified atom stereocenters. The average Bonchev–Trinajstić information content (AvgIpc) is 2.53. The van der Waals surface area contributed by atoms with Gasteiger partial charge in [-0.2, -0.15) is 0 Å². The molecule has 21 heavy (non-hydrogen) atoms. The second kappa shape index (κ2) is 9.93. The van der Waals surface area contributed by atoms with Crippen molar-refractivity contribution >= 4 is 0 Å². The number of benzene rings is 1. The lowest BCUT2D eigenvalue weighted by molar-refractivity contribution is 0.0584. The first-order valence-corrected chi connectivity index (χ1v) is 8.20. The van der Waals surface area contributed by atoms with Crippen LogP contribution in [-0.4, -0.2) is 40.0 Å². The first kappa shape index (κ1) is 16.5. The van der Waals surface area contributed by atoms with Crippen LogP contribution in [0.5, 0.6) is 0 Å². The van der Waals surface area contributed by atoms with Gasteiger partial charge < -0.3 is 14.8 Å². The van der Waals surface area contributed by atoms with Crippen molar-refractivity contribution in [2.24, 2.45) is 11.8 Å². The molecule has 0 aromatic heterocycles. The van der Waals surface area contributed by atoms with E-state index in [2.05, 4.69) is 35.6 Å². The van der Waals surface area contributed by atoms with Crippen LogP contribution in [0.4, 0.5) is 0 Å². The molecule has 0 spiro atoms. The fraction of sp³-hybridized carbons (Fsp3) is 0.667. The number of hydrogen-bond acceptors (Lipinski definition) is 3. The first-order chi connectivity index (χ1) is 10.4. The summed E-state index contributed by atoms with van der Waals surface area (Å²) in [6.07, 6.45) is 4.92. The van der Waals surface area contributed by atoms with E-state index < -0.39 is 0 Å². The van der Waals surface area contributed by atoms with E-state index in [1.165, 1.54) is 24.8 Å². The van der Waals surface area contributed by atoms with Gasteiger partial charge in [0.1, 0.15) is 0 Å². The van der Waals surface area contributed by atoms with E-state index in [9.17, 15) is 0 Å². The van der Waals surface area contributed by atoms with Gasteiger partial charge in [0.25, 0.3) is 0 Å². The lowest BCUT2D eigenvalue weighted by Gasteiger charge is -2.27. The van der Waals surface area contributed by atoms with Gasteiger partial charge in [0, 0.05) is 26.9 Å².